The molecule has 2 aromatic carbocycles. The number of nitrogens with one attached hydrogen (secondary N) is 7. The van der Waals surface area contributed by atoms with Gasteiger partial charge in [0.2, 0.25) is 23.6 Å². The smallest absolute Gasteiger partial charge is 0.339 e. The quantitative estimate of drug-likeness (QED) is 0.00601. The number of ether oxygens (including phenoxy) is 3. The summed E-state index contributed by atoms with van der Waals surface area (Å²) in [5.41, 5.74) is 1.66. The monoisotopic (exact) mass is 1450 g/mol. The Morgan fingerprint density at radius 3 is 2.20 bits per heavy atom. The number of esters is 1. The van der Waals surface area contributed by atoms with E-state index in [2.05, 4.69) is 53.8 Å². The van der Waals surface area contributed by atoms with Crippen molar-refractivity contribution in [3.8, 4) is 11.5 Å². The predicted octanol–water partition coefficient (Wildman–Crippen LogP) is 1.80. The topological polar surface area (TPSA) is 493 Å². The number of carbonyl (C=O) groups is 15. The molecule has 9 atom stereocenters. The van der Waals surface area contributed by atoms with Crippen LogP contribution in [0.1, 0.15) is 141 Å². The standard InChI is InChI=1S/C51H63N11O20S.C16H17NO3/c1-25-10-11-27(20-52-25)47(73)57-30(18-43(68)69)50(76)60-14-6-7-33(60)35(63)15-28(16-45(72)82-61-41(66)12-13-42(61)67)48(74)55-26(2)29-17-36(80-3)37(19-34(29)62(78)79)81-23-40(65)56-31(49(75)54-22-44(70)71)21-53-39(64)9-5-4-8-38-46-32(24-83-38)58-51(77)59-46;1-3-17-10-12-5-7-13(8-6-12)16(19)20-15-11(2)4-9-14(15)18/h10-11,17,19-20,26,28,30-33,38,46H,4-9,12-16,18,21-24H2,1-3H3,(H,53,64)(H,54,75)(H,55,74)(H,56,65)(H,57,73)(H,68,69)(H,70,71)(H2,58,59,77);5-8,10,15H,2-4,9H2,1H3. The maximum absolute atomic E-state index is 14.2. The highest BCUT2D eigenvalue weighted by Gasteiger charge is 2.44. The van der Waals surface area contributed by atoms with Crippen molar-refractivity contribution in [2.24, 2.45) is 10.9 Å². The molecule has 5 heterocycles. The lowest BCUT2D eigenvalue weighted by molar-refractivity contribution is -0.385. The van der Waals surface area contributed by atoms with Crippen LogP contribution in [0.5, 0.6) is 11.5 Å². The number of ketones is 2. The summed E-state index contributed by atoms with van der Waals surface area (Å²) in [5, 5.41) is 49.4. The molecule has 4 saturated heterocycles. The molecular formula is C67H80N12O23S. The molecule has 35 nitrogen and oxygen atoms in total. The van der Waals surface area contributed by atoms with Gasteiger partial charge in [0.15, 0.2) is 35.8 Å². The lowest BCUT2D eigenvalue weighted by Crippen LogP contribution is -2.54. The van der Waals surface area contributed by atoms with Crippen LogP contribution >= 0.6 is 11.8 Å². The third-order valence-corrected chi connectivity index (χ3v) is 18.5. The normalized spacial score (nSPS) is 19.3. The van der Waals surface area contributed by atoms with Gasteiger partial charge in [-0.3, -0.25) is 77.6 Å². The summed E-state index contributed by atoms with van der Waals surface area (Å²) in [4.78, 5) is 217. The van der Waals surface area contributed by atoms with Crippen molar-refractivity contribution in [1.82, 2.24) is 52.2 Å². The molecule has 552 valence electrons. The molecule has 9 N–H and O–H groups in total. The Bertz CT molecular complexity index is 3780. The van der Waals surface area contributed by atoms with Crippen LogP contribution in [-0.2, 0) is 67.1 Å². The molecule has 4 aliphatic heterocycles. The molecule has 8 rings (SSSR count). The number of carboxylic acid groups (broad SMARTS) is 2. The first-order valence-corrected chi connectivity index (χ1v) is 34.0. The molecule has 1 aliphatic carbocycles. The number of aliphatic imine (C=N–C) groups is 1. The zero-order valence-corrected chi connectivity index (χ0v) is 57.5. The molecule has 103 heavy (non-hydrogen) atoms. The Balaban J connectivity index is 0.000000634. The molecule has 0 spiro atoms. The number of carboxylic acids is 2. The summed E-state index contributed by atoms with van der Waals surface area (Å²) >= 11 is 1.72. The number of aromatic nitrogens is 1. The number of hydroxylamine groups is 2. The largest absolute Gasteiger partial charge is 0.493 e. The van der Waals surface area contributed by atoms with E-state index in [0.717, 1.165) is 48.4 Å². The highest BCUT2D eigenvalue weighted by Crippen LogP contribution is 2.38. The number of imide groups is 1. The van der Waals surface area contributed by atoms with E-state index in [9.17, 15) is 87.1 Å². The summed E-state index contributed by atoms with van der Waals surface area (Å²) < 4.78 is 16.2. The maximum atomic E-state index is 14.2. The number of hydrogen-bond acceptors (Lipinski definition) is 24. The number of carbonyl (C=O) groups excluding carboxylic acids is 13. The van der Waals surface area contributed by atoms with Gasteiger partial charge in [-0.1, -0.05) is 25.1 Å². The SMILES string of the molecule is C=C1CCC(=O)C1OC(=O)c1ccc(C=NCC)cc1.COc1cc(C(C)NC(=O)C(CC(=O)ON2C(=O)CCC2=O)CC(=O)C2CCCN2C(=O)C(CC(=O)O)NC(=O)c2ccc(C)nc2)c([N+](=O)[O-])cc1OCC(=O)NC(CNC(=O)CCCCC1SCC2NC(=O)NC21)C(=O)NCC(=O)O. The Labute approximate surface area is 593 Å². The van der Waals surface area contributed by atoms with Crippen molar-refractivity contribution in [3.05, 3.63) is 105 Å². The lowest BCUT2D eigenvalue weighted by Gasteiger charge is -2.29. The summed E-state index contributed by atoms with van der Waals surface area (Å²) in [6.45, 7) is 7.10. The van der Waals surface area contributed by atoms with Crippen molar-refractivity contribution in [2.45, 2.75) is 152 Å². The molecule has 5 aliphatic rings. The van der Waals surface area contributed by atoms with Crippen LogP contribution in [-0.4, -0.2) is 212 Å². The number of nitrogens with zero attached hydrogens (tertiary/aromatic N) is 5. The molecule has 3 aromatic rings. The second-order valence-corrected chi connectivity index (χ2v) is 25.8. The van der Waals surface area contributed by atoms with E-state index in [0.29, 0.717) is 42.5 Å². The number of aryl methyl sites for hydroxylation is 1. The zero-order valence-electron chi connectivity index (χ0n) is 56.7. The number of hydrogen-bond donors (Lipinski definition) is 9. The summed E-state index contributed by atoms with van der Waals surface area (Å²) in [7, 11) is 1.14. The number of amides is 10. The van der Waals surface area contributed by atoms with Gasteiger partial charge in [0.25, 0.3) is 29.3 Å². The number of pyridine rings is 1. The summed E-state index contributed by atoms with van der Waals surface area (Å²) in [5.74, 6) is -14.1. The molecule has 0 radical (unpaired) electrons. The van der Waals surface area contributed by atoms with Crippen LogP contribution in [0.25, 0.3) is 0 Å². The maximum Gasteiger partial charge on any atom is 0.339 e. The van der Waals surface area contributed by atoms with E-state index in [1.807, 2.05) is 6.92 Å². The van der Waals surface area contributed by atoms with E-state index < -0.39 is 163 Å². The minimum atomic E-state index is -1.70. The Hall–Kier alpha value is -11.2. The average molecular weight is 1450 g/mol. The molecule has 1 saturated carbocycles. The van der Waals surface area contributed by atoms with Crippen LogP contribution in [0.4, 0.5) is 10.5 Å². The number of aliphatic carboxylic acids is 2. The number of fused-ring (bicyclic) bond motifs is 1. The van der Waals surface area contributed by atoms with Gasteiger partial charge in [-0.2, -0.15) is 11.8 Å². The number of methoxy groups -OCH3 is 1. The third-order valence-electron chi connectivity index (χ3n) is 17.0. The number of benzene rings is 2. The minimum Gasteiger partial charge on any atom is -0.493 e. The van der Waals surface area contributed by atoms with Crippen molar-refractivity contribution in [2.75, 3.05) is 45.6 Å². The van der Waals surface area contributed by atoms with Crippen LogP contribution in [0.3, 0.4) is 0 Å². The van der Waals surface area contributed by atoms with Gasteiger partial charge in [0, 0.05) is 80.8 Å². The molecule has 1 aromatic heterocycles. The zero-order chi connectivity index (χ0) is 75.2. The van der Waals surface area contributed by atoms with E-state index in [-0.39, 0.29) is 95.5 Å². The van der Waals surface area contributed by atoms with E-state index in [1.165, 1.54) is 25.3 Å². The van der Waals surface area contributed by atoms with Crippen molar-refractivity contribution >= 4 is 112 Å². The van der Waals surface area contributed by atoms with Crippen molar-refractivity contribution < 1.29 is 106 Å². The lowest BCUT2D eigenvalue weighted by atomic mass is 9.93. The Morgan fingerprint density at radius 1 is 0.845 bits per heavy atom. The first-order valence-electron chi connectivity index (χ1n) is 32.9. The first-order chi connectivity index (χ1) is 49.0. The number of thioether (sulfide) groups is 1. The van der Waals surface area contributed by atoms with Crippen LogP contribution in [0, 0.1) is 23.0 Å². The number of likely N-dealkylation sites (tertiary alicyclic amines) is 1. The number of nitro benzene ring substituents is 1. The van der Waals surface area contributed by atoms with Crippen molar-refractivity contribution in [1.29, 1.82) is 0 Å². The summed E-state index contributed by atoms with van der Waals surface area (Å²) in [6, 6.07) is 5.77. The van der Waals surface area contributed by atoms with Gasteiger partial charge in [-0.25, -0.2) is 14.4 Å². The fourth-order valence-corrected chi connectivity index (χ4v) is 13.2. The second kappa shape index (κ2) is 37.5. The predicted molar refractivity (Wildman–Crippen MR) is 361 cm³/mol. The molecule has 9 unspecified atom stereocenters. The number of Topliss-reactive ketones (excluding diaryl/α,β-unsaturated/α-hetero) is 2. The summed E-state index contributed by atoms with van der Waals surface area (Å²) in [6.07, 6.45) is 2.14. The first kappa shape index (κ1) is 79.1. The van der Waals surface area contributed by atoms with Crippen LogP contribution in [0.2, 0.25) is 0 Å². The highest BCUT2D eigenvalue weighted by atomic mass is 32.2. The van der Waals surface area contributed by atoms with Gasteiger partial charge in [0.1, 0.15) is 18.6 Å². The highest BCUT2D eigenvalue weighted by molar-refractivity contribution is 8.00. The Morgan fingerprint density at radius 2 is 1.56 bits per heavy atom. The molecular weight excluding hydrogens is 1370 g/mol. The number of urea groups is 1. The van der Waals surface area contributed by atoms with Crippen LogP contribution in [0.15, 0.2) is 71.9 Å². The number of unbranched alkanes of at least 4 members (excludes halogenated alkanes) is 1. The average Bonchev–Trinajstić information content (AvgIpc) is 1.53. The molecule has 36 heteroatoms. The second-order valence-electron chi connectivity index (χ2n) is 24.5. The number of nitro groups is 1. The van der Waals surface area contributed by atoms with Crippen molar-refractivity contribution in [3.63, 3.8) is 0 Å². The van der Waals surface area contributed by atoms with E-state index in [1.54, 1.807) is 49.2 Å². The number of rotatable bonds is 34. The van der Waals surface area contributed by atoms with Gasteiger partial charge in [-0.05, 0) is 94.3 Å². The Kier molecular flexibility index (Phi) is 28.8. The van der Waals surface area contributed by atoms with E-state index >= 15 is 0 Å². The minimum absolute atomic E-state index is 0.00853. The van der Waals surface area contributed by atoms with Gasteiger partial charge < -0.3 is 71.4 Å². The molecule has 10 amide bonds. The molecule has 0 bridgehead atoms. The van der Waals surface area contributed by atoms with Gasteiger partial charge in [0.05, 0.1) is 77.7 Å². The van der Waals surface area contributed by atoms with Crippen LogP contribution < -0.4 is 46.7 Å². The molecule has 5 fully saturated rings. The fourth-order valence-electron chi connectivity index (χ4n) is 11.6. The third kappa shape index (κ3) is 22.6. The van der Waals surface area contributed by atoms with Gasteiger partial charge in [-0.15, -0.1) is 5.06 Å². The van der Waals surface area contributed by atoms with E-state index in [4.69, 9.17) is 24.2 Å². The fraction of sp³-hybridized carbons (Fsp3) is 0.478. The van der Waals surface area contributed by atoms with Gasteiger partial charge >= 0.3 is 29.9 Å².